The number of hydrogen-bond donors (Lipinski definition) is 3. The Morgan fingerprint density at radius 2 is 1.94 bits per heavy atom. The molecular weight excluding hydrogens is 451 g/mol. The number of allylic oxidation sites excluding steroid dienone is 4. The Labute approximate surface area is 202 Å². The van der Waals surface area contributed by atoms with Gasteiger partial charge in [-0.25, -0.2) is 19.3 Å². The molecule has 35 heavy (non-hydrogen) atoms. The maximum atomic E-state index is 13.7. The second-order valence-electron chi connectivity index (χ2n) is 8.47. The van der Waals surface area contributed by atoms with E-state index in [9.17, 15) is 19.4 Å². The van der Waals surface area contributed by atoms with Gasteiger partial charge < -0.3 is 19.9 Å². The van der Waals surface area contributed by atoms with Gasteiger partial charge in [-0.1, -0.05) is 18.2 Å². The summed E-state index contributed by atoms with van der Waals surface area (Å²) in [5.74, 6) is -0.751. The molecule has 0 aliphatic heterocycles. The molecule has 8 nitrogen and oxygen atoms in total. The molecule has 9 heteroatoms. The molecule has 0 bridgehead atoms. The minimum Gasteiger partial charge on any atom is -0.481 e. The Balaban J connectivity index is 1.76. The van der Waals surface area contributed by atoms with Gasteiger partial charge in [0.25, 0.3) is 0 Å². The summed E-state index contributed by atoms with van der Waals surface area (Å²) in [7, 11) is 0. The van der Waals surface area contributed by atoms with Crippen LogP contribution in [0.25, 0.3) is 28.2 Å². The molecule has 0 radical (unpaired) electrons. The van der Waals surface area contributed by atoms with E-state index in [2.05, 4.69) is 16.0 Å². The molecule has 1 aliphatic carbocycles. The van der Waals surface area contributed by atoms with E-state index in [1.54, 1.807) is 24.4 Å². The summed E-state index contributed by atoms with van der Waals surface area (Å²) in [5, 5.41) is 29.3. The molecular formula is C26H27FN4O4. The molecule has 182 valence electrons. The van der Waals surface area contributed by atoms with Crippen molar-refractivity contribution in [2.75, 3.05) is 0 Å². The average molecular weight is 479 g/mol. The zero-order valence-corrected chi connectivity index (χ0v) is 19.1. The van der Waals surface area contributed by atoms with Crippen molar-refractivity contribution in [1.29, 1.82) is 0 Å². The number of aliphatic hydroxyl groups excluding tert-OH is 2. The third kappa shape index (κ3) is 6.06. The maximum Gasteiger partial charge on any atom is 0.305 e. The van der Waals surface area contributed by atoms with Crippen molar-refractivity contribution >= 4 is 11.5 Å². The monoisotopic (exact) mass is 478 g/mol. The number of aliphatic carboxylic acids is 1. The highest BCUT2D eigenvalue weighted by Crippen LogP contribution is 2.36. The number of benzene rings is 1. The van der Waals surface area contributed by atoms with Crippen LogP contribution in [0.2, 0.25) is 0 Å². The summed E-state index contributed by atoms with van der Waals surface area (Å²) in [6, 6.07) is 7.89. The Bertz CT molecular complexity index is 1220. The summed E-state index contributed by atoms with van der Waals surface area (Å²) in [6.45, 7) is 0.349. The standard InChI is InChI=1S/C26H27FN4O4/c27-19-8-6-17(7-9-19)25-24(22-10-12-28-16-29-22)30-26(18-4-2-1-3-5-18)31(25)13-11-20(32)14-21(33)15-23(34)35/h1-2,4,6-10,12,16,20-21,32-33H,3,5,11,13-15H2,(H,34,35)/t20-,21-/m0/s1. The van der Waals surface area contributed by atoms with Crippen LogP contribution in [-0.2, 0) is 11.3 Å². The zero-order valence-electron chi connectivity index (χ0n) is 19.1. The minimum atomic E-state index is -1.14. The molecule has 2 aromatic heterocycles. The molecule has 1 aliphatic rings. The van der Waals surface area contributed by atoms with Crippen molar-refractivity contribution in [3.63, 3.8) is 0 Å². The molecule has 0 fully saturated rings. The largest absolute Gasteiger partial charge is 0.481 e. The summed E-state index contributed by atoms with van der Waals surface area (Å²) >= 11 is 0. The van der Waals surface area contributed by atoms with Crippen LogP contribution in [0.15, 0.2) is 61.1 Å². The zero-order chi connectivity index (χ0) is 24.8. The molecule has 4 rings (SSSR count). The fraction of sp³-hybridized carbons (Fsp3) is 0.308. The molecule has 1 aromatic carbocycles. The van der Waals surface area contributed by atoms with Crippen molar-refractivity contribution in [3.05, 3.63) is 72.7 Å². The number of carboxylic acids is 1. The number of carbonyl (C=O) groups is 1. The maximum absolute atomic E-state index is 13.7. The van der Waals surface area contributed by atoms with Gasteiger partial charge in [0.15, 0.2) is 0 Å². The van der Waals surface area contributed by atoms with Crippen molar-refractivity contribution in [3.8, 4) is 22.6 Å². The van der Waals surface area contributed by atoms with E-state index in [1.807, 2.05) is 16.7 Å². The second kappa shape index (κ2) is 11.2. The summed E-state index contributed by atoms with van der Waals surface area (Å²) in [6.07, 6.45) is 8.55. The van der Waals surface area contributed by atoms with Gasteiger partial charge in [-0.05, 0) is 61.6 Å². The highest BCUT2D eigenvalue weighted by Gasteiger charge is 2.24. The van der Waals surface area contributed by atoms with Crippen molar-refractivity contribution < 1.29 is 24.5 Å². The van der Waals surface area contributed by atoms with Crippen molar-refractivity contribution in [2.24, 2.45) is 0 Å². The first kappa shape index (κ1) is 24.4. The van der Waals surface area contributed by atoms with Gasteiger partial charge in [0.05, 0.1) is 30.0 Å². The van der Waals surface area contributed by atoms with E-state index in [4.69, 9.17) is 10.1 Å². The molecule has 0 unspecified atom stereocenters. The van der Waals surface area contributed by atoms with E-state index < -0.39 is 24.6 Å². The SMILES string of the molecule is O=C(O)C[C@@H](O)C[C@@H](O)CCn1c(C2=CC=CCC2)nc(-c2ccncn2)c1-c1ccc(F)cc1. The fourth-order valence-electron chi connectivity index (χ4n) is 4.21. The molecule has 2 heterocycles. The smallest absolute Gasteiger partial charge is 0.305 e. The van der Waals surface area contributed by atoms with E-state index in [-0.39, 0.29) is 18.7 Å². The first-order chi connectivity index (χ1) is 16.9. The van der Waals surface area contributed by atoms with Crippen LogP contribution in [0.1, 0.15) is 37.9 Å². The molecule has 2 atom stereocenters. The molecule has 3 aromatic rings. The quantitative estimate of drug-likeness (QED) is 0.405. The number of carboxylic acid groups (broad SMARTS) is 1. The van der Waals surface area contributed by atoms with Crippen LogP contribution in [0.3, 0.4) is 0 Å². The third-order valence-corrected chi connectivity index (χ3v) is 5.85. The van der Waals surface area contributed by atoms with Gasteiger partial charge in [-0.15, -0.1) is 0 Å². The lowest BCUT2D eigenvalue weighted by atomic mass is 10.0. The third-order valence-electron chi connectivity index (χ3n) is 5.85. The van der Waals surface area contributed by atoms with Crippen molar-refractivity contribution in [2.45, 2.75) is 50.9 Å². The van der Waals surface area contributed by atoms with Crippen LogP contribution < -0.4 is 0 Å². The normalized spacial score (nSPS) is 15.0. The Kier molecular flexibility index (Phi) is 7.79. The number of aliphatic hydroxyl groups is 2. The van der Waals surface area contributed by atoms with E-state index >= 15 is 0 Å². The molecule has 0 saturated carbocycles. The predicted molar refractivity (Wildman–Crippen MR) is 128 cm³/mol. The summed E-state index contributed by atoms with van der Waals surface area (Å²) in [4.78, 5) is 24.2. The summed E-state index contributed by atoms with van der Waals surface area (Å²) in [5.41, 5.74) is 3.73. The first-order valence-corrected chi connectivity index (χ1v) is 11.5. The fourth-order valence-corrected chi connectivity index (χ4v) is 4.21. The number of halogens is 1. The highest BCUT2D eigenvalue weighted by atomic mass is 19.1. The average Bonchev–Trinajstić information content (AvgIpc) is 3.23. The van der Waals surface area contributed by atoms with Crippen LogP contribution in [0, 0.1) is 5.82 Å². The van der Waals surface area contributed by atoms with Gasteiger partial charge in [0.2, 0.25) is 0 Å². The van der Waals surface area contributed by atoms with Crippen molar-refractivity contribution in [1.82, 2.24) is 19.5 Å². The van der Waals surface area contributed by atoms with Crippen LogP contribution in [0.4, 0.5) is 4.39 Å². The number of hydrogen-bond acceptors (Lipinski definition) is 6. The Morgan fingerprint density at radius 1 is 1.14 bits per heavy atom. The van der Waals surface area contributed by atoms with E-state index in [0.29, 0.717) is 17.9 Å². The topological polar surface area (TPSA) is 121 Å². The number of aromatic nitrogens is 4. The summed E-state index contributed by atoms with van der Waals surface area (Å²) < 4.78 is 15.7. The van der Waals surface area contributed by atoms with Crippen LogP contribution in [-0.4, -0.2) is 53.0 Å². The van der Waals surface area contributed by atoms with Gasteiger partial charge in [0.1, 0.15) is 23.7 Å². The second-order valence-corrected chi connectivity index (χ2v) is 8.47. The number of rotatable bonds is 10. The Hall–Kier alpha value is -3.69. The first-order valence-electron chi connectivity index (χ1n) is 11.5. The number of nitrogens with zero attached hydrogens (tertiary/aromatic N) is 4. The van der Waals surface area contributed by atoms with Gasteiger partial charge in [0, 0.05) is 18.3 Å². The predicted octanol–water partition coefficient (Wildman–Crippen LogP) is 3.86. The van der Waals surface area contributed by atoms with Gasteiger partial charge in [-0.2, -0.15) is 0 Å². The van der Waals surface area contributed by atoms with Gasteiger partial charge >= 0.3 is 5.97 Å². The lowest BCUT2D eigenvalue weighted by Crippen LogP contribution is -2.22. The molecule has 0 saturated heterocycles. The molecule has 3 N–H and O–H groups in total. The lowest BCUT2D eigenvalue weighted by molar-refractivity contribution is -0.139. The van der Waals surface area contributed by atoms with Gasteiger partial charge in [-0.3, -0.25) is 4.79 Å². The molecule has 0 spiro atoms. The van der Waals surface area contributed by atoms with Crippen LogP contribution in [0.5, 0.6) is 0 Å². The highest BCUT2D eigenvalue weighted by molar-refractivity contribution is 5.80. The lowest BCUT2D eigenvalue weighted by Gasteiger charge is -2.18. The van der Waals surface area contributed by atoms with Crippen LogP contribution >= 0.6 is 0 Å². The minimum absolute atomic E-state index is 0.0492. The number of imidazole rings is 1. The van der Waals surface area contributed by atoms with E-state index in [1.165, 1.54) is 18.5 Å². The van der Waals surface area contributed by atoms with E-state index in [0.717, 1.165) is 35.5 Å². The molecule has 0 amide bonds. The Morgan fingerprint density at radius 3 is 2.60 bits per heavy atom.